The predicted molar refractivity (Wildman–Crippen MR) is 38.7 cm³/mol. The highest BCUT2D eigenvalue weighted by Gasteiger charge is 2.15. The molecule has 3 nitrogen and oxygen atoms in total. The summed E-state index contributed by atoms with van der Waals surface area (Å²) in [4.78, 5) is 4.48. The Kier molecular flexibility index (Phi) is 1.41. The van der Waals surface area contributed by atoms with Crippen molar-refractivity contribution in [2.75, 3.05) is 0 Å². The van der Waals surface area contributed by atoms with Crippen molar-refractivity contribution in [3.05, 3.63) is 42.2 Å². The second-order valence-corrected chi connectivity index (χ2v) is 2.09. The average Bonchev–Trinajstić information content (AvgIpc) is 2.58. The standard InChI is InChI=1S/C8H5N2O/c1-2-4-7(5-3-1)8-6-11-10-9-8/h1-5H/q+1. The van der Waals surface area contributed by atoms with Crippen molar-refractivity contribution in [3.8, 4) is 0 Å². The van der Waals surface area contributed by atoms with Crippen LogP contribution in [0.3, 0.4) is 0 Å². The monoisotopic (exact) mass is 145 g/mol. The highest BCUT2D eigenvalue weighted by Crippen LogP contribution is 2.16. The maximum absolute atomic E-state index is 4.48. The molecular formula is C8H5N2O+. The van der Waals surface area contributed by atoms with Crippen molar-refractivity contribution < 1.29 is 4.84 Å². The Balaban J connectivity index is 2.37. The van der Waals surface area contributed by atoms with Gasteiger partial charge >= 0.3 is 5.28 Å². The lowest BCUT2D eigenvalue weighted by Gasteiger charge is -1.88. The molecule has 52 valence electrons. The van der Waals surface area contributed by atoms with E-state index in [4.69, 9.17) is 0 Å². The smallest absolute Gasteiger partial charge is 0.138 e. The van der Waals surface area contributed by atoms with E-state index in [1.807, 2.05) is 30.3 Å². The van der Waals surface area contributed by atoms with Crippen molar-refractivity contribution in [1.29, 1.82) is 0 Å². The Morgan fingerprint density at radius 3 is 2.73 bits per heavy atom. The fourth-order valence-electron chi connectivity index (χ4n) is 0.858. The lowest BCUT2D eigenvalue weighted by atomic mass is 10.2. The summed E-state index contributed by atoms with van der Waals surface area (Å²) in [6, 6.07) is 9.65. The van der Waals surface area contributed by atoms with Gasteiger partial charge in [0.25, 0.3) is 6.26 Å². The fourth-order valence-corrected chi connectivity index (χ4v) is 0.858. The number of nitrogens with zero attached hydrogens (tertiary/aromatic N) is 2. The SMILES string of the molecule is [C]1=C(c2ccccc2)N=[N+]O1. The minimum absolute atomic E-state index is 0.644. The summed E-state index contributed by atoms with van der Waals surface area (Å²) in [7, 11) is 0. The van der Waals surface area contributed by atoms with E-state index in [1.165, 1.54) is 0 Å². The van der Waals surface area contributed by atoms with E-state index in [0.717, 1.165) is 5.56 Å². The normalized spacial score (nSPS) is 14.4. The Bertz CT molecular complexity index is 303. The minimum Gasteiger partial charge on any atom is -0.138 e. The van der Waals surface area contributed by atoms with Crippen LogP contribution in [0, 0.1) is 6.26 Å². The van der Waals surface area contributed by atoms with Gasteiger partial charge in [-0.15, -0.1) is 4.84 Å². The minimum atomic E-state index is 0.644. The molecule has 0 saturated carbocycles. The molecule has 0 N–H and O–H groups in total. The van der Waals surface area contributed by atoms with E-state index in [2.05, 4.69) is 21.5 Å². The summed E-state index contributed by atoms with van der Waals surface area (Å²) in [5, 5.41) is 7.03. The molecule has 0 fully saturated rings. The lowest BCUT2D eigenvalue weighted by molar-refractivity contribution is 0.181. The number of hydrogen-bond acceptors (Lipinski definition) is 3. The van der Waals surface area contributed by atoms with Crippen molar-refractivity contribution in [1.82, 2.24) is 5.28 Å². The van der Waals surface area contributed by atoms with E-state index in [1.54, 1.807) is 0 Å². The Labute approximate surface area is 64.0 Å². The van der Waals surface area contributed by atoms with Gasteiger partial charge in [0.05, 0.1) is 0 Å². The van der Waals surface area contributed by atoms with Gasteiger partial charge in [-0.1, -0.05) is 30.3 Å². The van der Waals surface area contributed by atoms with Crippen LogP contribution in [0.4, 0.5) is 0 Å². The van der Waals surface area contributed by atoms with Gasteiger partial charge in [-0.3, -0.25) is 0 Å². The van der Waals surface area contributed by atoms with Gasteiger partial charge < -0.3 is 0 Å². The van der Waals surface area contributed by atoms with Gasteiger partial charge in [0.15, 0.2) is 0 Å². The predicted octanol–water partition coefficient (Wildman–Crippen LogP) is 1.52. The van der Waals surface area contributed by atoms with Crippen LogP contribution < -0.4 is 5.28 Å². The first-order valence-corrected chi connectivity index (χ1v) is 3.22. The fraction of sp³-hybridized carbons (Fsp3) is 0. The summed E-state index contributed by atoms with van der Waals surface area (Å²) >= 11 is 0. The summed E-state index contributed by atoms with van der Waals surface area (Å²) < 4.78 is 0. The van der Waals surface area contributed by atoms with E-state index in [-0.39, 0.29) is 0 Å². The van der Waals surface area contributed by atoms with Crippen LogP contribution in [-0.4, -0.2) is 0 Å². The van der Waals surface area contributed by atoms with E-state index < -0.39 is 0 Å². The highest BCUT2D eigenvalue weighted by molar-refractivity contribution is 5.61. The van der Waals surface area contributed by atoms with Crippen LogP contribution >= 0.6 is 0 Å². The largest absolute Gasteiger partial charge is 0.468 e. The second kappa shape index (κ2) is 2.54. The van der Waals surface area contributed by atoms with Crippen LogP contribution in [0.1, 0.15) is 5.56 Å². The van der Waals surface area contributed by atoms with Crippen molar-refractivity contribution >= 4 is 5.70 Å². The topological polar surface area (TPSA) is 35.7 Å². The summed E-state index contributed by atoms with van der Waals surface area (Å²) in [6.07, 6.45) is 2.56. The molecule has 0 spiro atoms. The van der Waals surface area contributed by atoms with Crippen molar-refractivity contribution in [3.63, 3.8) is 0 Å². The zero-order chi connectivity index (χ0) is 7.52. The van der Waals surface area contributed by atoms with Gasteiger partial charge in [0.1, 0.15) is 5.11 Å². The molecule has 0 atom stereocenters. The van der Waals surface area contributed by atoms with E-state index in [0.29, 0.717) is 5.70 Å². The van der Waals surface area contributed by atoms with Crippen LogP contribution in [0.2, 0.25) is 0 Å². The summed E-state index contributed by atoms with van der Waals surface area (Å²) in [6.45, 7) is 0. The quantitative estimate of drug-likeness (QED) is 0.590. The van der Waals surface area contributed by atoms with Gasteiger partial charge in [-0.25, -0.2) is 0 Å². The van der Waals surface area contributed by atoms with Gasteiger partial charge in [0, 0.05) is 5.56 Å². The molecule has 1 aliphatic heterocycles. The van der Waals surface area contributed by atoms with Gasteiger partial charge in [-0.2, -0.15) is 0 Å². The molecule has 1 aromatic carbocycles. The second-order valence-electron chi connectivity index (χ2n) is 2.09. The first-order chi connectivity index (χ1) is 5.47. The summed E-state index contributed by atoms with van der Waals surface area (Å²) in [5.74, 6) is 0. The highest BCUT2D eigenvalue weighted by atomic mass is 16.6. The molecule has 0 unspecified atom stereocenters. The lowest BCUT2D eigenvalue weighted by Crippen LogP contribution is -1.75. The zero-order valence-electron chi connectivity index (χ0n) is 5.69. The maximum Gasteiger partial charge on any atom is 0.468 e. The van der Waals surface area contributed by atoms with Crippen molar-refractivity contribution in [2.45, 2.75) is 0 Å². The van der Waals surface area contributed by atoms with Crippen LogP contribution in [0.15, 0.2) is 35.4 Å². The third kappa shape index (κ3) is 1.12. The molecule has 2 radical (unpaired) electrons. The molecule has 11 heavy (non-hydrogen) atoms. The molecule has 2 rings (SSSR count). The number of hydrogen-bond donors (Lipinski definition) is 0. The maximum atomic E-state index is 4.48. The van der Waals surface area contributed by atoms with Crippen molar-refractivity contribution in [2.24, 2.45) is 5.11 Å². The number of benzene rings is 1. The molecule has 1 heterocycles. The summed E-state index contributed by atoms with van der Waals surface area (Å²) in [5.41, 5.74) is 1.61. The zero-order valence-corrected chi connectivity index (χ0v) is 5.69. The van der Waals surface area contributed by atoms with E-state index >= 15 is 0 Å². The molecule has 1 aliphatic rings. The molecular weight excluding hydrogens is 140 g/mol. The van der Waals surface area contributed by atoms with Crippen LogP contribution in [-0.2, 0) is 4.84 Å². The third-order valence-electron chi connectivity index (χ3n) is 1.37. The van der Waals surface area contributed by atoms with E-state index in [9.17, 15) is 0 Å². The van der Waals surface area contributed by atoms with Gasteiger partial charge in [0.2, 0.25) is 5.70 Å². The Morgan fingerprint density at radius 2 is 2.09 bits per heavy atom. The first-order valence-electron chi connectivity index (χ1n) is 3.22. The molecule has 0 bridgehead atoms. The molecule has 0 aromatic heterocycles. The van der Waals surface area contributed by atoms with Crippen LogP contribution in [0.25, 0.3) is 5.70 Å². The third-order valence-corrected chi connectivity index (χ3v) is 1.37. The Hall–Kier alpha value is -1.64. The molecule has 0 aliphatic carbocycles. The molecule has 3 heteroatoms. The Morgan fingerprint density at radius 1 is 1.27 bits per heavy atom. The van der Waals surface area contributed by atoms with Crippen LogP contribution in [0.5, 0.6) is 0 Å². The first kappa shape index (κ1) is 6.09. The molecule has 0 amide bonds. The molecule has 0 saturated heterocycles. The number of rotatable bonds is 1. The molecule has 1 aromatic rings. The average molecular weight is 145 g/mol. The van der Waals surface area contributed by atoms with Gasteiger partial charge in [-0.05, 0) is 0 Å².